The van der Waals surface area contributed by atoms with Crippen LogP contribution in [0.5, 0.6) is 0 Å². The average molecular weight is 198 g/mol. The van der Waals surface area contributed by atoms with Crippen LogP contribution in [0.4, 0.5) is 4.39 Å². The zero-order chi connectivity index (χ0) is 10.3. The second-order valence-electron chi connectivity index (χ2n) is 4.16. The molecule has 0 aliphatic heterocycles. The number of rotatable bonds is 3. The molecule has 0 radical (unpaired) electrons. The highest BCUT2D eigenvalue weighted by atomic mass is 19.1. The van der Waals surface area contributed by atoms with Gasteiger partial charge in [-0.15, -0.1) is 0 Å². The van der Waals surface area contributed by atoms with Gasteiger partial charge in [0.1, 0.15) is 11.9 Å². The molecule has 1 heterocycles. The molecule has 0 aromatic carbocycles. The predicted octanol–water partition coefficient (Wildman–Crippen LogP) is 0.824. The van der Waals surface area contributed by atoms with Gasteiger partial charge in [-0.2, -0.15) is 15.0 Å². The van der Waals surface area contributed by atoms with Gasteiger partial charge in [-0.05, 0) is 13.5 Å². The van der Waals surface area contributed by atoms with Gasteiger partial charge in [0.2, 0.25) is 0 Å². The summed E-state index contributed by atoms with van der Waals surface area (Å²) in [5.74, 6) is 0. The van der Waals surface area contributed by atoms with Crippen LogP contribution in [0.2, 0.25) is 0 Å². The maximum Gasteiger partial charge on any atom is 0.108 e. The fourth-order valence-electron chi connectivity index (χ4n) is 1.94. The van der Waals surface area contributed by atoms with Gasteiger partial charge in [0.25, 0.3) is 0 Å². The van der Waals surface area contributed by atoms with E-state index >= 15 is 0 Å². The van der Waals surface area contributed by atoms with Crippen LogP contribution in [0.1, 0.15) is 25.1 Å². The van der Waals surface area contributed by atoms with E-state index in [1.165, 1.54) is 4.80 Å². The summed E-state index contributed by atoms with van der Waals surface area (Å²) in [6.45, 7) is 1.94. The Labute approximate surface area is 82.5 Å². The normalized spacial score (nSPS) is 33.0. The number of nitrogens with one attached hydrogen (secondary N) is 1. The van der Waals surface area contributed by atoms with Crippen molar-refractivity contribution in [1.29, 1.82) is 0 Å². The smallest absolute Gasteiger partial charge is 0.108 e. The average Bonchev–Trinajstić information content (AvgIpc) is 2.57. The zero-order valence-corrected chi connectivity index (χ0v) is 8.66. The molecule has 1 aliphatic rings. The van der Waals surface area contributed by atoms with Gasteiger partial charge < -0.3 is 5.32 Å². The van der Waals surface area contributed by atoms with Crippen LogP contribution < -0.4 is 5.32 Å². The van der Waals surface area contributed by atoms with E-state index in [1.54, 1.807) is 13.2 Å². The summed E-state index contributed by atoms with van der Waals surface area (Å²) in [5, 5.41) is 11.3. The van der Waals surface area contributed by atoms with Crippen molar-refractivity contribution in [3.63, 3.8) is 0 Å². The number of alkyl halides is 1. The van der Waals surface area contributed by atoms with Crippen molar-refractivity contribution >= 4 is 0 Å². The third-order valence-corrected chi connectivity index (χ3v) is 3.04. The standard InChI is InChI=1S/C9H15FN4/c1-9(4-7(9)10)8(11-2)6-5-12-14(3)13-6/h5,7-8,11H,4H2,1-3H3. The molecule has 1 N–H and O–H groups in total. The third-order valence-electron chi connectivity index (χ3n) is 3.04. The first-order chi connectivity index (χ1) is 6.58. The predicted molar refractivity (Wildman–Crippen MR) is 50.4 cm³/mol. The Kier molecular flexibility index (Phi) is 2.06. The fraction of sp³-hybridized carbons (Fsp3) is 0.778. The number of halogens is 1. The van der Waals surface area contributed by atoms with E-state index < -0.39 is 6.17 Å². The molecule has 0 spiro atoms. The van der Waals surface area contributed by atoms with Gasteiger partial charge >= 0.3 is 0 Å². The molecule has 4 nitrogen and oxygen atoms in total. The first kappa shape index (κ1) is 9.58. The number of aryl methyl sites for hydroxylation is 1. The topological polar surface area (TPSA) is 42.7 Å². The van der Waals surface area contributed by atoms with Crippen molar-refractivity contribution in [3.05, 3.63) is 11.9 Å². The first-order valence-corrected chi connectivity index (χ1v) is 4.75. The highest BCUT2D eigenvalue weighted by Gasteiger charge is 2.57. The van der Waals surface area contributed by atoms with Crippen molar-refractivity contribution in [2.75, 3.05) is 7.05 Å². The summed E-state index contributed by atoms with van der Waals surface area (Å²) in [6.07, 6.45) is 1.58. The van der Waals surface area contributed by atoms with Gasteiger partial charge in [0, 0.05) is 12.5 Å². The monoisotopic (exact) mass is 198 g/mol. The second-order valence-corrected chi connectivity index (χ2v) is 4.16. The van der Waals surface area contributed by atoms with Crippen molar-refractivity contribution in [2.24, 2.45) is 12.5 Å². The van der Waals surface area contributed by atoms with Crippen LogP contribution >= 0.6 is 0 Å². The Morgan fingerprint density at radius 2 is 2.43 bits per heavy atom. The van der Waals surface area contributed by atoms with Crippen LogP contribution in [0.3, 0.4) is 0 Å². The Morgan fingerprint density at radius 1 is 1.79 bits per heavy atom. The Morgan fingerprint density at radius 3 is 2.79 bits per heavy atom. The lowest BCUT2D eigenvalue weighted by Gasteiger charge is -2.20. The van der Waals surface area contributed by atoms with Crippen LogP contribution in [0.15, 0.2) is 6.20 Å². The van der Waals surface area contributed by atoms with Gasteiger partial charge in [-0.1, -0.05) is 6.92 Å². The molecule has 0 bridgehead atoms. The van der Waals surface area contributed by atoms with E-state index in [0.717, 1.165) is 5.69 Å². The lowest BCUT2D eigenvalue weighted by Crippen LogP contribution is -2.26. The second kappa shape index (κ2) is 3.02. The molecule has 1 aliphatic carbocycles. The number of aromatic nitrogens is 3. The van der Waals surface area contributed by atoms with Crippen molar-refractivity contribution < 1.29 is 4.39 Å². The van der Waals surface area contributed by atoms with Gasteiger partial charge in [-0.3, -0.25) is 0 Å². The fourth-order valence-corrected chi connectivity index (χ4v) is 1.94. The van der Waals surface area contributed by atoms with Crippen LogP contribution in [0, 0.1) is 5.41 Å². The van der Waals surface area contributed by atoms with Crippen molar-refractivity contribution in [2.45, 2.75) is 25.6 Å². The molecule has 2 rings (SSSR count). The Bertz CT molecular complexity index is 337. The Balaban J connectivity index is 2.22. The lowest BCUT2D eigenvalue weighted by molar-refractivity contribution is 0.299. The summed E-state index contributed by atoms with van der Waals surface area (Å²) in [4.78, 5) is 1.50. The molecule has 1 aromatic heterocycles. The van der Waals surface area contributed by atoms with Crippen LogP contribution in [-0.4, -0.2) is 28.2 Å². The summed E-state index contributed by atoms with van der Waals surface area (Å²) >= 11 is 0. The van der Waals surface area contributed by atoms with E-state index in [9.17, 15) is 4.39 Å². The highest BCUT2D eigenvalue weighted by molar-refractivity contribution is 5.16. The molecular weight excluding hydrogens is 183 g/mol. The van der Waals surface area contributed by atoms with Crippen molar-refractivity contribution in [1.82, 2.24) is 20.3 Å². The molecule has 3 unspecified atom stereocenters. The van der Waals surface area contributed by atoms with Gasteiger partial charge in [0.05, 0.1) is 12.2 Å². The van der Waals surface area contributed by atoms with Gasteiger partial charge in [0.15, 0.2) is 0 Å². The zero-order valence-electron chi connectivity index (χ0n) is 8.66. The van der Waals surface area contributed by atoms with Gasteiger partial charge in [-0.25, -0.2) is 4.39 Å². The molecular formula is C9H15FN4. The molecule has 14 heavy (non-hydrogen) atoms. The summed E-state index contributed by atoms with van der Waals surface area (Å²) < 4.78 is 13.2. The Hall–Kier alpha value is -0.970. The largest absolute Gasteiger partial charge is 0.311 e. The first-order valence-electron chi connectivity index (χ1n) is 4.75. The van der Waals surface area contributed by atoms with E-state index in [2.05, 4.69) is 15.5 Å². The summed E-state index contributed by atoms with van der Waals surface area (Å²) in [5.41, 5.74) is 0.516. The molecule has 5 heteroatoms. The van der Waals surface area contributed by atoms with Crippen LogP contribution in [-0.2, 0) is 7.05 Å². The minimum atomic E-state index is -0.720. The number of nitrogens with zero attached hydrogens (tertiary/aromatic N) is 3. The molecule has 78 valence electrons. The lowest BCUT2D eigenvalue weighted by atomic mass is 9.96. The molecule has 1 aromatic rings. The van der Waals surface area contributed by atoms with E-state index in [0.29, 0.717) is 6.42 Å². The van der Waals surface area contributed by atoms with E-state index in [1.807, 2.05) is 14.0 Å². The maximum absolute atomic E-state index is 13.2. The number of hydrogen-bond donors (Lipinski definition) is 1. The quantitative estimate of drug-likeness (QED) is 0.782. The van der Waals surface area contributed by atoms with Crippen LogP contribution in [0.25, 0.3) is 0 Å². The SMILES string of the molecule is CNC(c1cnn(C)n1)C1(C)CC1F. The molecule has 3 atom stereocenters. The minimum absolute atomic E-state index is 0.0359. The molecule has 1 fully saturated rings. The molecule has 1 saturated carbocycles. The number of hydrogen-bond acceptors (Lipinski definition) is 3. The van der Waals surface area contributed by atoms with E-state index in [4.69, 9.17) is 0 Å². The highest BCUT2D eigenvalue weighted by Crippen LogP contribution is 2.56. The summed E-state index contributed by atoms with van der Waals surface area (Å²) in [6, 6.07) is -0.0359. The third kappa shape index (κ3) is 1.32. The summed E-state index contributed by atoms with van der Waals surface area (Å²) in [7, 11) is 3.59. The molecule has 0 amide bonds. The van der Waals surface area contributed by atoms with Crippen molar-refractivity contribution in [3.8, 4) is 0 Å². The maximum atomic E-state index is 13.2. The minimum Gasteiger partial charge on any atom is -0.311 e. The van der Waals surface area contributed by atoms with E-state index in [-0.39, 0.29) is 11.5 Å². The molecule has 0 saturated heterocycles.